The van der Waals surface area contributed by atoms with Gasteiger partial charge in [0.25, 0.3) is 0 Å². The van der Waals surface area contributed by atoms with Crippen molar-refractivity contribution in [3.05, 3.63) is 36.4 Å². The zero-order chi connectivity index (χ0) is 10.8. The third kappa shape index (κ3) is 1.80. The molecule has 2 aromatic carbocycles. The Morgan fingerprint density at radius 2 is 1.67 bits per heavy atom. The van der Waals surface area contributed by atoms with Gasteiger partial charge < -0.3 is 4.90 Å². The molecule has 78 valence electrons. The predicted octanol–water partition coefficient (Wildman–Crippen LogP) is 2.87. The minimum absolute atomic E-state index is 1.12. The van der Waals surface area contributed by atoms with Crippen LogP contribution in [0, 0.1) is 0 Å². The second kappa shape index (κ2) is 4.13. The summed E-state index contributed by atoms with van der Waals surface area (Å²) >= 11 is 1.30. The van der Waals surface area contributed by atoms with Crippen LogP contribution in [0.15, 0.2) is 41.3 Å². The van der Waals surface area contributed by atoms with Crippen molar-refractivity contribution in [3.63, 3.8) is 0 Å². The van der Waals surface area contributed by atoms with Crippen molar-refractivity contribution < 1.29 is 0 Å². The second-order valence-corrected chi connectivity index (χ2v) is 4.32. The number of anilines is 1. The van der Waals surface area contributed by atoms with Crippen molar-refractivity contribution in [2.75, 3.05) is 19.0 Å². The molecule has 0 unspecified atom stereocenters. The van der Waals surface area contributed by atoms with Crippen LogP contribution in [-0.2, 0) is 0 Å². The van der Waals surface area contributed by atoms with Crippen LogP contribution in [0.25, 0.3) is 10.8 Å². The Balaban J connectivity index is 2.76. The van der Waals surface area contributed by atoms with Gasteiger partial charge in [-0.2, -0.15) is 0 Å². The van der Waals surface area contributed by atoms with Crippen LogP contribution in [0.2, 0.25) is 0 Å². The molecular formula is C12H14N2S. The van der Waals surface area contributed by atoms with Crippen LogP contribution in [0.1, 0.15) is 0 Å². The van der Waals surface area contributed by atoms with Gasteiger partial charge in [0.15, 0.2) is 0 Å². The maximum absolute atomic E-state index is 5.65. The minimum atomic E-state index is 1.12. The summed E-state index contributed by atoms with van der Waals surface area (Å²) in [6.45, 7) is 0. The van der Waals surface area contributed by atoms with Crippen LogP contribution in [0.3, 0.4) is 0 Å². The molecule has 2 aromatic rings. The fourth-order valence-electron chi connectivity index (χ4n) is 1.76. The fourth-order valence-corrected chi connectivity index (χ4v) is 2.22. The summed E-state index contributed by atoms with van der Waals surface area (Å²) in [6.07, 6.45) is 0. The van der Waals surface area contributed by atoms with Crippen LogP contribution < -0.4 is 10.0 Å². The van der Waals surface area contributed by atoms with Crippen molar-refractivity contribution in [3.8, 4) is 0 Å². The topological polar surface area (TPSA) is 29.3 Å². The number of benzene rings is 2. The lowest BCUT2D eigenvalue weighted by atomic mass is 10.1. The number of hydrogen-bond donors (Lipinski definition) is 1. The van der Waals surface area contributed by atoms with Gasteiger partial charge in [0.1, 0.15) is 0 Å². The Bertz CT molecular complexity index is 480. The summed E-state index contributed by atoms with van der Waals surface area (Å²) in [6, 6.07) is 12.5. The van der Waals surface area contributed by atoms with Crippen LogP contribution in [-0.4, -0.2) is 14.1 Å². The van der Waals surface area contributed by atoms with Crippen molar-refractivity contribution in [2.45, 2.75) is 4.90 Å². The molecule has 0 saturated heterocycles. The molecule has 2 nitrogen and oxygen atoms in total. The number of rotatable bonds is 2. The molecule has 15 heavy (non-hydrogen) atoms. The maximum atomic E-state index is 5.65. The largest absolute Gasteiger partial charge is 0.377 e. The third-order valence-electron chi connectivity index (χ3n) is 2.47. The van der Waals surface area contributed by atoms with E-state index in [9.17, 15) is 0 Å². The first-order valence-corrected chi connectivity index (χ1v) is 5.68. The van der Waals surface area contributed by atoms with Crippen LogP contribution in [0.5, 0.6) is 0 Å². The molecule has 0 saturated carbocycles. The smallest absolute Gasteiger partial charge is 0.0441 e. The Morgan fingerprint density at radius 3 is 2.33 bits per heavy atom. The Labute approximate surface area is 94.2 Å². The molecule has 0 fully saturated rings. The summed E-state index contributed by atoms with van der Waals surface area (Å²) in [5.41, 5.74) is 1.23. The lowest BCUT2D eigenvalue weighted by Gasteiger charge is -2.16. The number of nitrogens with two attached hydrogens (primary N) is 1. The average molecular weight is 218 g/mol. The first kappa shape index (κ1) is 10.3. The normalized spacial score (nSPS) is 10.6. The van der Waals surface area contributed by atoms with E-state index in [0.29, 0.717) is 0 Å². The molecule has 0 aliphatic carbocycles. The van der Waals surface area contributed by atoms with Gasteiger partial charge in [-0.1, -0.05) is 24.3 Å². The fraction of sp³-hybridized carbons (Fsp3) is 0.167. The van der Waals surface area contributed by atoms with Crippen LogP contribution in [0.4, 0.5) is 5.69 Å². The molecule has 3 heteroatoms. The van der Waals surface area contributed by atoms with Crippen molar-refractivity contribution in [1.29, 1.82) is 0 Å². The van der Waals surface area contributed by atoms with Gasteiger partial charge >= 0.3 is 0 Å². The van der Waals surface area contributed by atoms with E-state index in [1.54, 1.807) is 0 Å². The van der Waals surface area contributed by atoms with Crippen LogP contribution >= 0.6 is 11.9 Å². The number of fused-ring (bicyclic) bond motifs is 1. The predicted molar refractivity (Wildman–Crippen MR) is 68.3 cm³/mol. The van der Waals surface area contributed by atoms with E-state index in [1.807, 2.05) is 12.1 Å². The molecule has 0 spiro atoms. The highest BCUT2D eigenvalue weighted by atomic mass is 32.2. The zero-order valence-electron chi connectivity index (χ0n) is 8.90. The minimum Gasteiger partial charge on any atom is -0.377 e. The molecule has 0 heterocycles. The molecule has 2 N–H and O–H groups in total. The molecule has 0 bridgehead atoms. The molecule has 0 aliphatic heterocycles. The lowest BCUT2D eigenvalue weighted by Crippen LogP contribution is -2.08. The van der Waals surface area contributed by atoms with Gasteiger partial charge in [0.05, 0.1) is 0 Å². The van der Waals surface area contributed by atoms with E-state index in [2.05, 4.69) is 43.3 Å². The average Bonchev–Trinajstić information content (AvgIpc) is 2.27. The van der Waals surface area contributed by atoms with E-state index in [-0.39, 0.29) is 0 Å². The molecule has 0 radical (unpaired) electrons. The van der Waals surface area contributed by atoms with E-state index >= 15 is 0 Å². The highest BCUT2D eigenvalue weighted by Gasteiger charge is 2.05. The lowest BCUT2D eigenvalue weighted by molar-refractivity contribution is 1.14. The highest BCUT2D eigenvalue weighted by molar-refractivity contribution is 7.97. The van der Waals surface area contributed by atoms with E-state index < -0.39 is 0 Å². The molecule has 0 amide bonds. The first-order chi connectivity index (χ1) is 7.24. The first-order valence-electron chi connectivity index (χ1n) is 4.80. The van der Waals surface area contributed by atoms with Gasteiger partial charge in [-0.15, -0.1) is 0 Å². The van der Waals surface area contributed by atoms with Gasteiger partial charge in [-0.3, -0.25) is 5.14 Å². The monoisotopic (exact) mass is 218 g/mol. The summed E-state index contributed by atoms with van der Waals surface area (Å²) in [7, 11) is 4.11. The molecule has 0 aliphatic rings. The van der Waals surface area contributed by atoms with Gasteiger partial charge in [-0.25, -0.2) is 0 Å². The zero-order valence-corrected chi connectivity index (χ0v) is 9.71. The van der Waals surface area contributed by atoms with Gasteiger partial charge in [0.2, 0.25) is 0 Å². The van der Waals surface area contributed by atoms with Gasteiger partial charge in [0, 0.05) is 30.1 Å². The van der Waals surface area contributed by atoms with Gasteiger partial charge in [-0.05, 0) is 29.5 Å². The molecular weight excluding hydrogens is 204 g/mol. The third-order valence-corrected chi connectivity index (χ3v) is 3.08. The SMILES string of the molecule is CN(C)c1cccc2c(SN)cccc12. The molecule has 0 atom stereocenters. The highest BCUT2D eigenvalue weighted by Crippen LogP contribution is 2.30. The van der Waals surface area contributed by atoms with E-state index in [1.165, 1.54) is 28.4 Å². The molecule has 2 rings (SSSR count). The summed E-state index contributed by atoms with van der Waals surface area (Å²) in [4.78, 5) is 3.24. The summed E-state index contributed by atoms with van der Waals surface area (Å²) in [5, 5.41) is 8.11. The number of nitrogens with zero attached hydrogens (tertiary/aromatic N) is 1. The van der Waals surface area contributed by atoms with E-state index in [0.717, 1.165) is 4.90 Å². The van der Waals surface area contributed by atoms with Crippen molar-refractivity contribution in [2.24, 2.45) is 5.14 Å². The summed E-state index contributed by atoms with van der Waals surface area (Å²) < 4.78 is 0. The second-order valence-electron chi connectivity index (χ2n) is 3.64. The standard InChI is InChI=1S/C12H14N2S/c1-14(2)11-7-3-6-10-9(11)5-4-8-12(10)15-13/h3-8H,13H2,1-2H3. The summed E-state index contributed by atoms with van der Waals surface area (Å²) in [5.74, 6) is 0. The Hall–Kier alpha value is -1.19. The van der Waals surface area contributed by atoms with Crippen molar-refractivity contribution >= 4 is 28.4 Å². The maximum Gasteiger partial charge on any atom is 0.0441 e. The van der Waals surface area contributed by atoms with E-state index in [4.69, 9.17) is 5.14 Å². The molecule has 0 aromatic heterocycles. The quantitative estimate of drug-likeness (QED) is 0.786. The Kier molecular flexibility index (Phi) is 2.84. The Morgan fingerprint density at radius 1 is 1.00 bits per heavy atom. The number of hydrogen-bond acceptors (Lipinski definition) is 3. The van der Waals surface area contributed by atoms with Crippen molar-refractivity contribution in [1.82, 2.24) is 0 Å².